The van der Waals surface area contributed by atoms with Crippen LogP contribution in [0.2, 0.25) is 0 Å². The molecule has 0 atom stereocenters. The van der Waals surface area contributed by atoms with Crippen LogP contribution in [0.3, 0.4) is 0 Å². The van der Waals surface area contributed by atoms with Gasteiger partial charge in [-0.05, 0) is 48.5 Å². The Hall–Kier alpha value is -4.09. The van der Waals surface area contributed by atoms with E-state index in [2.05, 4.69) is 15.5 Å². The van der Waals surface area contributed by atoms with E-state index in [0.717, 1.165) is 11.6 Å². The Balaban J connectivity index is 1.19. The van der Waals surface area contributed by atoms with E-state index in [1.165, 1.54) is 4.90 Å². The highest BCUT2D eigenvalue weighted by Gasteiger charge is 2.34. The summed E-state index contributed by atoms with van der Waals surface area (Å²) in [5.41, 5.74) is -0.0501. The van der Waals surface area contributed by atoms with E-state index in [9.17, 15) is 22.4 Å². The number of anilines is 2. The number of piperazine rings is 1. The van der Waals surface area contributed by atoms with Crippen molar-refractivity contribution in [2.75, 3.05) is 43.2 Å². The number of amides is 2. The molecule has 0 spiro atoms. The summed E-state index contributed by atoms with van der Waals surface area (Å²) in [4.78, 5) is 15.9. The lowest BCUT2D eigenvalue weighted by molar-refractivity contribution is -0.139. The van der Waals surface area contributed by atoms with Gasteiger partial charge in [-0.2, -0.15) is 13.2 Å². The van der Waals surface area contributed by atoms with E-state index < -0.39 is 23.6 Å². The van der Waals surface area contributed by atoms with Crippen LogP contribution in [-0.4, -0.2) is 54.1 Å². The Morgan fingerprint density at radius 2 is 1.69 bits per heavy atom. The number of ether oxygens (including phenoxy) is 2. The van der Waals surface area contributed by atoms with Crippen molar-refractivity contribution < 1.29 is 31.8 Å². The minimum Gasteiger partial charge on any atom is -0.454 e. The molecular weight excluding hydrogens is 470 g/mol. The van der Waals surface area contributed by atoms with E-state index in [4.69, 9.17) is 9.47 Å². The number of nitrogens with one attached hydrogen (secondary N) is 1. The maximum absolute atomic E-state index is 13.5. The summed E-state index contributed by atoms with van der Waals surface area (Å²) < 4.78 is 62.9. The van der Waals surface area contributed by atoms with Crippen LogP contribution in [0, 0.1) is 5.82 Å². The molecular formula is C23H19F4N5O3. The topological polar surface area (TPSA) is 79.8 Å². The maximum atomic E-state index is 13.5. The molecule has 1 saturated heterocycles. The Kier molecular flexibility index (Phi) is 5.79. The molecule has 8 nitrogen and oxygen atoms in total. The molecule has 0 saturated carbocycles. The zero-order valence-corrected chi connectivity index (χ0v) is 18.2. The number of nitrogens with zero attached hydrogens (tertiary/aromatic N) is 4. The van der Waals surface area contributed by atoms with Gasteiger partial charge in [-0.1, -0.05) is 0 Å². The molecule has 2 aromatic carbocycles. The summed E-state index contributed by atoms with van der Waals surface area (Å²) >= 11 is 0. The molecule has 182 valence electrons. The third-order valence-electron chi connectivity index (χ3n) is 5.73. The van der Waals surface area contributed by atoms with Crippen molar-refractivity contribution in [3.8, 4) is 22.8 Å². The van der Waals surface area contributed by atoms with Gasteiger partial charge in [0.15, 0.2) is 17.3 Å². The number of carbonyl (C=O) groups is 1. The van der Waals surface area contributed by atoms with Crippen LogP contribution >= 0.6 is 0 Å². The monoisotopic (exact) mass is 489 g/mol. The van der Waals surface area contributed by atoms with Crippen molar-refractivity contribution >= 4 is 17.5 Å². The summed E-state index contributed by atoms with van der Waals surface area (Å²) in [5.74, 6) is 0.580. The van der Waals surface area contributed by atoms with Crippen LogP contribution in [0.25, 0.3) is 11.3 Å². The number of hydrogen-bond donors (Lipinski definition) is 1. The predicted molar refractivity (Wildman–Crippen MR) is 118 cm³/mol. The van der Waals surface area contributed by atoms with E-state index in [1.54, 1.807) is 0 Å². The van der Waals surface area contributed by atoms with E-state index in [-0.39, 0.29) is 12.5 Å². The van der Waals surface area contributed by atoms with Gasteiger partial charge in [0.1, 0.15) is 5.82 Å². The van der Waals surface area contributed by atoms with Gasteiger partial charge < -0.3 is 24.6 Å². The number of hydrogen-bond acceptors (Lipinski definition) is 6. The third kappa shape index (κ3) is 4.77. The molecule has 1 fully saturated rings. The molecule has 1 N–H and O–H groups in total. The van der Waals surface area contributed by atoms with Crippen molar-refractivity contribution in [3.63, 3.8) is 0 Å². The van der Waals surface area contributed by atoms with Crippen LogP contribution in [0.5, 0.6) is 11.5 Å². The van der Waals surface area contributed by atoms with Crippen molar-refractivity contribution in [3.05, 3.63) is 59.9 Å². The largest absolute Gasteiger partial charge is 0.454 e. The molecule has 5 rings (SSSR count). The number of alkyl halides is 3. The zero-order chi connectivity index (χ0) is 24.6. The lowest BCUT2D eigenvalue weighted by atomic mass is 10.1. The number of rotatable bonds is 3. The molecule has 12 heteroatoms. The average molecular weight is 489 g/mol. The minimum absolute atomic E-state index is 0.129. The van der Waals surface area contributed by atoms with Crippen LogP contribution < -0.4 is 19.7 Å². The SMILES string of the molecule is O=C(Nc1ccc(F)c(C(F)(F)F)c1)N1CCN(c2ccc(-c3ccc4c(c3)OCO4)nn2)CC1. The zero-order valence-electron chi connectivity index (χ0n) is 18.2. The summed E-state index contributed by atoms with van der Waals surface area (Å²) in [6, 6.07) is 11.0. The van der Waals surface area contributed by atoms with Gasteiger partial charge in [-0.3, -0.25) is 0 Å². The van der Waals surface area contributed by atoms with E-state index >= 15 is 0 Å². The van der Waals surface area contributed by atoms with Crippen LogP contribution in [0.15, 0.2) is 48.5 Å². The average Bonchev–Trinajstić information content (AvgIpc) is 3.33. The van der Waals surface area contributed by atoms with E-state index in [0.29, 0.717) is 61.3 Å². The van der Waals surface area contributed by atoms with Gasteiger partial charge >= 0.3 is 12.2 Å². The summed E-state index contributed by atoms with van der Waals surface area (Å²) in [5, 5.41) is 11.0. The smallest absolute Gasteiger partial charge is 0.419 e. The summed E-state index contributed by atoms with van der Waals surface area (Å²) in [7, 11) is 0. The fraction of sp³-hybridized carbons (Fsp3) is 0.261. The molecule has 35 heavy (non-hydrogen) atoms. The predicted octanol–water partition coefficient (Wildman–Crippen LogP) is 4.38. The molecule has 0 radical (unpaired) electrons. The highest BCUT2D eigenvalue weighted by Crippen LogP contribution is 2.35. The minimum atomic E-state index is -4.85. The van der Waals surface area contributed by atoms with Gasteiger partial charge in [0.2, 0.25) is 6.79 Å². The van der Waals surface area contributed by atoms with Crippen LogP contribution in [0.4, 0.5) is 33.9 Å². The normalized spacial score (nSPS) is 15.3. The second-order valence-electron chi connectivity index (χ2n) is 7.94. The van der Waals surface area contributed by atoms with Gasteiger partial charge in [0, 0.05) is 37.4 Å². The maximum Gasteiger partial charge on any atom is 0.419 e. The summed E-state index contributed by atoms with van der Waals surface area (Å²) in [6.07, 6.45) is -4.85. The van der Waals surface area contributed by atoms with Crippen molar-refractivity contribution in [1.29, 1.82) is 0 Å². The molecule has 0 aliphatic carbocycles. The van der Waals surface area contributed by atoms with Crippen LogP contribution in [0.1, 0.15) is 5.56 Å². The molecule has 2 amide bonds. The first-order chi connectivity index (χ1) is 16.8. The quantitative estimate of drug-likeness (QED) is 0.550. The molecule has 0 bridgehead atoms. The number of carbonyl (C=O) groups excluding carboxylic acids is 1. The lowest BCUT2D eigenvalue weighted by Crippen LogP contribution is -2.50. The van der Waals surface area contributed by atoms with Crippen LogP contribution in [-0.2, 0) is 6.18 Å². The first kappa shape index (κ1) is 22.7. The van der Waals surface area contributed by atoms with Crippen molar-refractivity contribution in [1.82, 2.24) is 15.1 Å². The Bertz CT molecular complexity index is 1240. The molecule has 1 aromatic heterocycles. The summed E-state index contributed by atoms with van der Waals surface area (Å²) in [6.45, 7) is 1.76. The second-order valence-corrected chi connectivity index (χ2v) is 7.94. The third-order valence-corrected chi connectivity index (χ3v) is 5.73. The Morgan fingerprint density at radius 3 is 2.40 bits per heavy atom. The van der Waals surface area contributed by atoms with Crippen molar-refractivity contribution in [2.24, 2.45) is 0 Å². The molecule has 3 heterocycles. The molecule has 3 aromatic rings. The van der Waals surface area contributed by atoms with Gasteiger partial charge in [-0.15, -0.1) is 10.2 Å². The number of aromatic nitrogens is 2. The second kappa shape index (κ2) is 8.93. The highest BCUT2D eigenvalue weighted by molar-refractivity contribution is 5.89. The molecule has 0 unspecified atom stereocenters. The van der Waals surface area contributed by atoms with Gasteiger partial charge in [-0.25, -0.2) is 9.18 Å². The highest BCUT2D eigenvalue weighted by atomic mass is 19.4. The first-order valence-corrected chi connectivity index (χ1v) is 10.7. The molecule has 2 aliphatic rings. The number of urea groups is 1. The van der Waals surface area contributed by atoms with Gasteiger partial charge in [0.25, 0.3) is 0 Å². The number of halogens is 4. The number of benzene rings is 2. The fourth-order valence-corrected chi connectivity index (χ4v) is 3.87. The van der Waals surface area contributed by atoms with Gasteiger partial charge in [0.05, 0.1) is 11.3 Å². The standard InChI is InChI=1S/C23H19F4N5O3/c24-17-3-2-15(12-16(17)23(25,26)27)28-22(33)32-9-7-31(8-10-32)21-6-4-18(29-30-21)14-1-5-19-20(11-14)35-13-34-19/h1-6,11-12H,7-10,13H2,(H,28,33). The number of fused-ring (bicyclic) bond motifs is 1. The molecule has 2 aliphatic heterocycles. The van der Waals surface area contributed by atoms with Crippen molar-refractivity contribution in [2.45, 2.75) is 6.18 Å². The fourth-order valence-electron chi connectivity index (χ4n) is 3.87. The first-order valence-electron chi connectivity index (χ1n) is 10.7. The van der Waals surface area contributed by atoms with E-state index in [1.807, 2.05) is 35.2 Å². The Morgan fingerprint density at radius 1 is 0.914 bits per heavy atom. The Labute approximate surface area is 197 Å². The lowest BCUT2D eigenvalue weighted by Gasteiger charge is -2.35.